The molecule has 0 saturated carbocycles. The number of hydrogen-bond acceptors (Lipinski definition) is 3. The summed E-state index contributed by atoms with van der Waals surface area (Å²) in [6, 6.07) is 5.82. The van der Waals surface area contributed by atoms with E-state index in [0.29, 0.717) is 12.8 Å². The van der Waals surface area contributed by atoms with Crippen LogP contribution in [-0.2, 0) is 21.5 Å². The Morgan fingerprint density at radius 2 is 2.00 bits per heavy atom. The third kappa shape index (κ3) is 3.81. The summed E-state index contributed by atoms with van der Waals surface area (Å²) in [5.41, 5.74) is 2.01. The molecular formula is C15H21NO3. The second-order valence-corrected chi connectivity index (χ2v) is 5.60. The van der Waals surface area contributed by atoms with Crippen LogP contribution in [0.2, 0.25) is 0 Å². The zero-order valence-electron chi connectivity index (χ0n) is 12.2. The number of carbonyl (C=O) groups is 2. The molecule has 0 unspecified atom stereocenters. The van der Waals surface area contributed by atoms with Crippen molar-refractivity contribution in [3.63, 3.8) is 0 Å². The van der Waals surface area contributed by atoms with Gasteiger partial charge in [-0.15, -0.1) is 0 Å². The molecule has 4 nitrogen and oxygen atoms in total. The zero-order valence-corrected chi connectivity index (χ0v) is 12.2. The van der Waals surface area contributed by atoms with Gasteiger partial charge in [0.15, 0.2) is 0 Å². The Morgan fingerprint density at radius 1 is 1.37 bits per heavy atom. The van der Waals surface area contributed by atoms with Crippen LogP contribution >= 0.6 is 0 Å². The van der Waals surface area contributed by atoms with E-state index in [1.807, 2.05) is 18.2 Å². The quantitative estimate of drug-likeness (QED) is 0.617. The summed E-state index contributed by atoms with van der Waals surface area (Å²) in [6.07, 6.45) is 0.328. The molecule has 0 spiro atoms. The SMILES string of the molecule is COc1ccc(CN(C)C(=O)C=O)cc1C(C)(C)C. The summed E-state index contributed by atoms with van der Waals surface area (Å²) in [5.74, 6) is 0.314. The second-order valence-electron chi connectivity index (χ2n) is 5.60. The predicted octanol–water partition coefficient (Wildman–Crippen LogP) is 2.15. The number of benzene rings is 1. The van der Waals surface area contributed by atoms with Crippen LogP contribution < -0.4 is 4.74 Å². The number of aldehydes is 1. The predicted molar refractivity (Wildman–Crippen MR) is 74.2 cm³/mol. The van der Waals surface area contributed by atoms with Gasteiger partial charge in [0, 0.05) is 13.6 Å². The van der Waals surface area contributed by atoms with E-state index in [0.717, 1.165) is 16.9 Å². The molecule has 1 amide bonds. The molecule has 0 fully saturated rings. The minimum Gasteiger partial charge on any atom is -0.496 e. The van der Waals surface area contributed by atoms with E-state index in [1.165, 1.54) is 4.90 Å². The Labute approximate surface area is 114 Å². The van der Waals surface area contributed by atoms with E-state index < -0.39 is 5.91 Å². The minimum absolute atomic E-state index is 0.0470. The fourth-order valence-corrected chi connectivity index (χ4v) is 1.88. The molecule has 0 aliphatic carbocycles. The van der Waals surface area contributed by atoms with Gasteiger partial charge in [-0.3, -0.25) is 9.59 Å². The van der Waals surface area contributed by atoms with E-state index in [1.54, 1.807) is 14.2 Å². The first-order valence-electron chi connectivity index (χ1n) is 6.17. The van der Waals surface area contributed by atoms with Crippen LogP contribution in [0.1, 0.15) is 31.9 Å². The molecule has 0 N–H and O–H groups in total. The molecule has 19 heavy (non-hydrogen) atoms. The van der Waals surface area contributed by atoms with Crippen molar-refractivity contribution in [2.45, 2.75) is 32.7 Å². The smallest absolute Gasteiger partial charge is 0.286 e. The summed E-state index contributed by atoms with van der Waals surface area (Å²) >= 11 is 0. The van der Waals surface area contributed by atoms with Crippen LogP contribution in [0.25, 0.3) is 0 Å². The fourth-order valence-electron chi connectivity index (χ4n) is 1.88. The summed E-state index contributed by atoms with van der Waals surface area (Å²) < 4.78 is 5.36. The Balaban J connectivity index is 3.05. The van der Waals surface area contributed by atoms with Gasteiger partial charge >= 0.3 is 0 Å². The topological polar surface area (TPSA) is 46.6 Å². The Bertz CT molecular complexity index is 475. The summed E-state index contributed by atoms with van der Waals surface area (Å²) in [6.45, 7) is 6.73. The fraction of sp³-hybridized carbons (Fsp3) is 0.467. The number of ether oxygens (including phenoxy) is 1. The summed E-state index contributed by atoms with van der Waals surface area (Å²) in [4.78, 5) is 23.1. The molecule has 0 bridgehead atoms. The Kier molecular flexibility index (Phi) is 4.70. The average Bonchev–Trinajstić information content (AvgIpc) is 2.36. The van der Waals surface area contributed by atoms with Crippen molar-refractivity contribution < 1.29 is 14.3 Å². The van der Waals surface area contributed by atoms with Gasteiger partial charge in [-0.2, -0.15) is 0 Å². The van der Waals surface area contributed by atoms with Crippen molar-refractivity contribution in [3.8, 4) is 5.75 Å². The molecule has 0 atom stereocenters. The van der Waals surface area contributed by atoms with Gasteiger partial charge in [0.25, 0.3) is 5.91 Å². The average molecular weight is 263 g/mol. The molecule has 1 rings (SSSR count). The summed E-state index contributed by atoms with van der Waals surface area (Å²) in [7, 11) is 3.25. The molecule has 4 heteroatoms. The molecule has 0 aliphatic heterocycles. The first-order valence-corrected chi connectivity index (χ1v) is 6.17. The number of likely N-dealkylation sites (N-methyl/N-ethyl adjacent to an activating group) is 1. The number of amides is 1. The van der Waals surface area contributed by atoms with Gasteiger partial charge in [0.1, 0.15) is 5.75 Å². The lowest BCUT2D eigenvalue weighted by atomic mass is 9.85. The number of methoxy groups -OCH3 is 1. The van der Waals surface area contributed by atoms with Gasteiger partial charge < -0.3 is 9.64 Å². The van der Waals surface area contributed by atoms with E-state index in [9.17, 15) is 9.59 Å². The monoisotopic (exact) mass is 263 g/mol. The van der Waals surface area contributed by atoms with Crippen LogP contribution in [0.4, 0.5) is 0 Å². The lowest BCUT2D eigenvalue weighted by Crippen LogP contribution is -2.27. The molecule has 0 radical (unpaired) electrons. The van der Waals surface area contributed by atoms with Gasteiger partial charge in [-0.25, -0.2) is 0 Å². The largest absolute Gasteiger partial charge is 0.496 e. The van der Waals surface area contributed by atoms with Crippen molar-refractivity contribution in [3.05, 3.63) is 29.3 Å². The zero-order chi connectivity index (χ0) is 14.6. The van der Waals surface area contributed by atoms with Crippen LogP contribution in [-0.4, -0.2) is 31.3 Å². The van der Waals surface area contributed by atoms with Gasteiger partial charge in [0.2, 0.25) is 6.29 Å². The molecule has 1 aromatic carbocycles. The maximum Gasteiger partial charge on any atom is 0.286 e. The third-order valence-electron chi connectivity index (χ3n) is 2.97. The maximum atomic E-state index is 11.3. The first kappa shape index (κ1) is 15.2. The number of hydrogen-bond donors (Lipinski definition) is 0. The van der Waals surface area contributed by atoms with E-state index in [-0.39, 0.29) is 5.41 Å². The number of nitrogens with zero attached hydrogens (tertiary/aromatic N) is 1. The molecule has 104 valence electrons. The highest BCUT2D eigenvalue weighted by molar-refractivity contribution is 6.23. The molecule has 0 aromatic heterocycles. The third-order valence-corrected chi connectivity index (χ3v) is 2.97. The molecular weight excluding hydrogens is 242 g/mol. The van der Waals surface area contributed by atoms with E-state index >= 15 is 0 Å². The summed E-state index contributed by atoms with van der Waals surface area (Å²) in [5, 5.41) is 0. The highest BCUT2D eigenvalue weighted by atomic mass is 16.5. The number of rotatable bonds is 4. The highest BCUT2D eigenvalue weighted by Crippen LogP contribution is 2.32. The highest BCUT2D eigenvalue weighted by Gasteiger charge is 2.19. The lowest BCUT2D eigenvalue weighted by molar-refractivity contribution is -0.138. The first-order chi connectivity index (χ1) is 8.79. The number of carbonyl (C=O) groups excluding carboxylic acids is 2. The standard InChI is InChI=1S/C15H21NO3/c1-15(2,3)12-8-11(6-7-13(12)19-5)9-16(4)14(18)10-17/h6-8,10H,9H2,1-5H3. The van der Waals surface area contributed by atoms with Gasteiger partial charge in [-0.05, 0) is 28.7 Å². The van der Waals surface area contributed by atoms with E-state index in [2.05, 4.69) is 20.8 Å². The lowest BCUT2D eigenvalue weighted by Gasteiger charge is -2.24. The molecule has 1 aromatic rings. The van der Waals surface area contributed by atoms with Crippen molar-refractivity contribution in [2.24, 2.45) is 0 Å². The Hall–Kier alpha value is -1.84. The van der Waals surface area contributed by atoms with Crippen molar-refractivity contribution in [1.82, 2.24) is 4.90 Å². The second kappa shape index (κ2) is 5.87. The maximum absolute atomic E-state index is 11.3. The van der Waals surface area contributed by atoms with Crippen molar-refractivity contribution in [2.75, 3.05) is 14.2 Å². The van der Waals surface area contributed by atoms with E-state index in [4.69, 9.17) is 4.74 Å². The van der Waals surface area contributed by atoms with Gasteiger partial charge in [0.05, 0.1) is 7.11 Å². The van der Waals surface area contributed by atoms with Crippen LogP contribution in [0.3, 0.4) is 0 Å². The molecule has 0 aliphatic rings. The van der Waals surface area contributed by atoms with Crippen LogP contribution in [0.5, 0.6) is 5.75 Å². The minimum atomic E-state index is -0.520. The van der Waals surface area contributed by atoms with Crippen molar-refractivity contribution >= 4 is 12.2 Å². The van der Waals surface area contributed by atoms with Crippen LogP contribution in [0, 0.1) is 0 Å². The van der Waals surface area contributed by atoms with Gasteiger partial charge in [-0.1, -0.05) is 26.8 Å². The Morgan fingerprint density at radius 3 is 2.47 bits per heavy atom. The molecule has 0 heterocycles. The van der Waals surface area contributed by atoms with Crippen molar-refractivity contribution in [1.29, 1.82) is 0 Å². The van der Waals surface area contributed by atoms with Crippen LogP contribution in [0.15, 0.2) is 18.2 Å². The molecule has 0 saturated heterocycles. The normalized spacial score (nSPS) is 11.0.